The lowest BCUT2D eigenvalue weighted by atomic mass is 9.96. The summed E-state index contributed by atoms with van der Waals surface area (Å²) < 4.78 is 30.2. The molecule has 0 saturated carbocycles. The van der Waals surface area contributed by atoms with Crippen molar-refractivity contribution >= 4 is 38.2 Å². The summed E-state index contributed by atoms with van der Waals surface area (Å²) in [6, 6.07) is 7.44. The minimum absolute atomic E-state index is 0.0486. The molecule has 2 aromatic rings. The Bertz CT molecular complexity index is 1110. The lowest BCUT2D eigenvalue weighted by molar-refractivity contribution is -0.119. The maximum Gasteiger partial charge on any atom is 0.338 e. The number of aryl methyl sites for hydroxylation is 1. The van der Waals surface area contributed by atoms with Crippen LogP contribution in [0.25, 0.3) is 0 Å². The monoisotopic (exact) mass is 447 g/mol. The number of rotatable bonds is 6. The number of ether oxygens (including phenoxy) is 1. The Morgan fingerprint density at radius 3 is 2.50 bits per heavy atom. The molecule has 158 valence electrons. The van der Waals surface area contributed by atoms with Crippen molar-refractivity contribution in [1.29, 1.82) is 5.26 Å². The third-order valence-corrected chi connectivity index (χ3v) is 7.78. The number of benzene rings is 1. The topological polar surface area (TPSA) is 117 Å². The van der Waals surface area contributed by atoms with Gasteiger partial charge in [0.2, 0.25) is 10.0 Å². The zero-order valence-electron chi connectivity index (χ0n) is 16.6. The molecule has 10 heteroatoms. The summed E-state index contributed by atoms with van der Waals surface area (Å²) >= 11 is 1.40. The number of hydrogen-bond acceptors (Lipinski definition) is 7. The number of amides is 1. The molecule has 0 saturated heterocycles. The Balaban J connectivity index is 1.61. The fourth-order valence-electron chi connectivity index (χ4n) is 3.12. The van der Waals surface area contributed by atoms with E-state index in [0.717, 1.165) is 40.4 Å². The van der Waals surface area contributed by atoms with E-state index in [4.69, 9.17) is 4.74 Å². The van der Waals surface area contributed by atoms with Crippen LogP contribution >= 0.6 is 11.3 Å². The molecule has 0 radical (unpaired) electrons. The molecule has 0 atom stereocenters. The standard InChI is InChI=1S/C20H21N3O5S2/c1-23(2)30(26,27)14-9-7-13(8-10-14)20(25)28-12-18(24)22-19-16(11-21)15-5-3-4-6-17(15)29-19/h7-10H,3-6,12H2,1-2H3,(H,22,24). The minimum atomic E-state index is -3.60. The average Bonchev–Trinajstić information content (AvgIpc) is 3.08. The summed E-state index contributed by atoms with van der Waals surface area (Å²) in [5.74, 6) is -1.28. The number of fused-ring (bicyclic) bond motifs is 1. The van der Waals surface area contributed by atoms with Crippen LogP contribution in [0.3, 0.4) is 0 Å². The van der Waals surface area contributed by atoms with E-state index in [2.05, 4.69) is 11.4 Å². The first kappa shape index (κ1) is 22.0. The number of nitriles is 1. The molecule has 1 heterocycles. The van der Waals surface area contributed by atoms with Crippen LogP contribution < -0.4 is 5.32 Å². The van der Waals surface area contributed by atoms with Crippen molar-refractivity contribution in [2.45, 2.75) is 30.6 Å². The summed E-state index contributed by atoms with van der Waals surface area (Å²) in [6.45, 7) is -0.510. The van der Waals surface area contributed by atoms with Gasteiger partial charge in [-0.2, -0.15) is 5.26 Å². The van der Waals surface area contributed by atoms with Gasteiger partial charge >= 0.3 is 5.97 Å². The predicted octanol–water partition coefficient (Wildman–Crippen LogP) is 2.54. The van der Waals surface area contributed by atoms with Crippen LogP contribution in [0, 0.1) is 11.3 Å². The summed E-state index contributed by atoms with van der Waals surface area (Å²) in [4.78, 5) is 25.6. The lowest BCUT2D eigenvalue weighted by Crippen LogP contribution is -2.22. The number of hydrogen-bond donors (Lipinski definition) is 1. The Hall–Kier alpha value is -2.74. The SMILES string of the molecule is CN(C)S(=O)(=O)c1ccc(C(=O)OCC(=O)Nc2sc3c(c2C#N)CCCC3)cc1. The molecule has 3 rings (SSSR count). The van der Waals surface area contributed by atoms with E-state index < -0.39 is 28.5 Å². The van der Waals surface area contributed by atoms with Crippen LogP contribution in [0.2, 0.25) is 0 Å². The lowest BCUT2D eigenvalue weighted by Gasteiger charge is -2.11. The molecule has 0 unspecified atom stereocenters. The summed E-state index contributed by atoms with van der Waals surface area (Å²) in [5, 5.41) is 12.6. The molecule has 8 nitrogen and oxygen atoms in total. The molecule has 0 aliphatic heterocycles. The highest BCUT2D eigenvalue weighted by atomic mass is 32.2. The third-order valence-electron chi connectivity index (χ3n) is 4.74. The van der Waals surface area contributed by atoms with Crippen LogP contribution in [0.15, 0.2) is 29.2 Å². The van der Waals surface area contributed by atoms with E-state index in [0.29, 0.717) is 10.6 Å². The quantitative estimate of drug-likeness (QED) is 0.680. The second kappa shape index (κ2) is 8.95. The molecule has 30 heavy (non-hydrogen) atoms. The second-order valence-corrected chi connectivity index (χ2v) is 10.2. The van der Waals surface area contributed by atoms with E-state index >= 15 is 0 Å². The maximum absolute atomic E-state index is 12.2. The van der Waals surface area contributed by atoms with Crippen LogP contribution in [0.5, 0.6) is 0 Å². The van der Waals surface area contributed by atoms with Crippen LogP contribution in [-0.4, -0.2) is 45.3 Å². The number of sulfonamides is 1. The van der Waals surface area contributed by atoms with Crippen LogP contribution in [0.1, 0.15) is 39.2 Å². The molecule has 0 spiro atoms. The van der Waals surface area contributed by atoms with Gasteiger partial charge in [-0.1, -0.05) is 0 Å². The number of carbonyl (C=O) groups is 2. The molecule has 1 aromatic heterocycles. The first-order valence-corrected chi connectivity index (χ1v) is 11.5. The van der Waals surface area contributed by atoms with E-state index in [1.54, 1.807) is 0 Å². The van der Waals surface area contributed by atoms with Crippen LogP contribution in [0.4, 0.5) is 5.00 Å². The van der Waals surface area contributed by atoms with E-state index in [-0.39, 0.29) is 10.5 Å². The fraction of sp³-hybridized carbons (Fsp3) is 0.350. The van der Waals surface area contributed by atoms with Gasteiger partial charge in [-0.25, -0.2) is 17.5 Å². The largest absolute Gasteiger partial charge is 0.452 e. The second-order valence-electron chi connectivity index (χ2n) is 6.96. The average molecular weight is 448 g/mol. The van der Waals surface area contributed by atoms with Gasteiger partial charge in [0.25, 0.3) is 5.91 Å². The highest BCUT2D eigenvalue weighted by molar-refractivity contribution is 7.89. The summed E-state index contributed by atoms with van der Waals surface area (Å²) in [7, 11) is -0.767. The summed E-state index contributed by atoms with van der Waals surface area (Å²) in [6.07, 6.45) is 3.83. The Kier molecular flexibility index (Phi) is 6.55. The van der Waals surface area contributed by atoms with Gasteiger partial charge in [0.1, 0.15) is 11.1 Å². The number of carbonyl (C=O) groups excluding carboxylic acids is 2. The first-order chi connectivity index (χ1) is 14.2. The smallest absolute Gasteiger partial charge is 0.338 e. The third kappa shape index (κ3) is 4.53. The van der Waals surface area contributed by atoms with E-state index in [1.807, 2.05) is 0 Å². The molecule has 1 aliphatic carbocycles. The van der Waals surface area contributed by atoms with E-state index in [9.17, 15) is 23.3 Å². The van der Waals surface area contributed by atoms with Crippen molar-refractivity contribution in [1.82, 2.24) is 4.31 Å². The molecular weight excluding hydrogens is 426 g/mol. The van der Waals surface area contributed by atoms with Gasteiger partial charge in [-0.05, 0) is 55.5 Å². The van der Waals surface area contributed by atoms with Gasteiger partial charge in [0.05, 0.1) is 16.0 Å². The minimum Gasteiger partial charge on any atom is -0.452 e. The van der Waals surface area contributed by atoms with Gasteiger partial charge in [-0.15, -0.1) is 11.3 Å². The van der Waals surface area contributed by atoms with E-state index in [1.165, 1.54) is 49.7 Å². The Morgan fingerprint density at radius 2 is 1.87 bits per heavy atom. The molecule has 0 bridgehead atoms. The predicted molar refractivity (Wildman–Crippen MR) is 112 cm³/mol. The number of esters is 1. The maximum atomic E-state index is 12.2. The highest BCUT2D eigenvalue weighted by Gasteiger charge is 2.22. The highest BCUT2D eigenvalue weighted by Crippen LogP contribution is 2.37. The van der Waals surface area contributed by atoms with Crippen molar-refractivity contribution < 1.29 is 22.7 Å². The zero-order chi connectivity index (χ0) is 21.9. The number of nitrogens with one attached hydrogen (secondary N) is 1. The molecule has 1 aromatic carbocycles. The van der Waals surface area contributed by atoms with Crippen LogP contribution in [-0.2, 0) is 32.4 Å². The van der Waals surface area contributed by atoms with Crippen molar-refractivity contribution in [3.8, 4) is 6.07 Å². The number of thiophene rings is 1. The number of anilines is 1. The van der Waals surface area contributed by atoms with Crippen molar-refractivity contribution in [2.24, 2.45) is 0 Å². The molecule has 1 N–H and O–H groups in total. The van der Waals surface area contributed by atoms with Gasteiger partial charge < -0.3 is 10.1 Å². The normalized spacial score (nSPS) is 13.4. The molecule has 1 amide bonds. The first-order valence-electron chi connectivity index (χ1n) is 9.28. The summed E-state index contributed by atoms with van der Waals surface area (Å²) in [5.41, 5.74) is 1.63. The van der Waals surface area contributed by atoms with Crippen molar-refractivity contribution in [3.05, 3.63) is 45.8 Å². The molecule has 0 fully saturated rings. The molecule has 1 aliphatic rings. The van der Waals surface area contributed by atoms with Gasteiger partial charge in [0, 0.05) is 19.0 Å². The number of nitrogens with zero attached hydrogens (tertiary/aromatic N) is 2. The fourth-order valence-corrected chi connectivity index (χ4v) is 5.28. The Labute approximate surface area is 179 Å². The zero-order valence-corrected chi connectivity index (χ0v) is 18.2. The van der Waals surface area contributed by atoms with Gasteiger partial charge in [-0.3, -0.25) is 4.79 Å². The molecular formula is C20H21N3O5S2. The van der Waals surface area contributed by atoms with Crippen molar-refractivity contribution in [3.63, 3.8) is 0 Å². The van der Waals surface area contributed by atoms with Crippen molar-refractivity contribution in [2.75, 3.05) is 26.0 Å². The Morgan fingerprint density at radius 1 is 1.20 bits per heavy atom. The van der Waals surface area contributed by atoms with Gasteiger partial charge in [0.15, 0.2) is 6.61 Å².